The number of hydrogen-bond acceptors (Lipinski definition) is 6. The molecule has 1 fully saturated rings. The van der Waals surface area contributed by atoms with Crippen LogP contribution in [0.3, 0.4) is 0 Å². The molecule has 1 saturated heterocycles. The molecule has 1 unspecified atom stereocenters. The summed E-state index contributed by atoms with van der Waals surface area (Å²) in [6.07, 6.45) is 5.87. The van der Waals surface area contributed by atoms with E-state index in [2.05, 4.69) is 20.9 Å². The van der Waals surface area contributed by atoms with Crippen molar-refractivity contribution in [2.45, 2.75) is 19.0 Å². The third-order valence-electron chi connectivity index (χ3n) is 5.75. The van der Waals surface area contributed by atoms with E-state index in [1.54, 1.807) is 30.7 Å². The largest absolute Gasteiger partial charge is 0.507 e. The van der Waals surface area contributed by atoms with Crippen molar-refractivity contribution >= 4 is 33.4 Å². The third-order valence-corrected chi connectivity index (χ3v) is 6.27. The molecule has 1 amide bonds. The van der Waals surface area contributed by atoms with Gasteiger partial charge < -0.3 is 24.0 Å². The standard InChI is InChI=1S/C24H20BrN3O5/c25-17-5-2-15(3-6-17)21-20(22(29)16-4-7-18-19(12-16)33-14-32-18)23(30)24(31)28(21)10-1-9-27-11-8-26-13-27/h2-8,11-13,21,29H,1,9-10,14H2. The lowest BCUT2D eigenvalue weighted by Crippen LogP contribution is -2.31. The van der Waals surface area contributed by atoms with Crippen LogP contribution in [0.5, 0.6) is 11.5 Å². The van der Waals surface area contributed by atoms with Crippen LogP contribution in [0.2, 0.25) is 0 Å². The van der Waals surface area contributed by atoms with Gasteiger partial charge in [-0.2, -0.15) is 0 Å². The van der Waals surface area contributed by atoms with Crippen LogP contribution in [-0.4, -0.2) is 44.6 Å². The topological polar surface area (TPSA) is 93.9 Å². The van der Waals surface area contributed by atoms with Crippen molar-refractivity contribution in [2.75, 3.05) is 13.3 Å². The maximum absolute atomic E-state index is 13.1. The van der Waals surface area contributed by atoms with Crippen molar-refractivity contribution in [2.24, 2.45) is 0 Å². The van der Waals surface area contributed by atoms with E-state index in [1.165, 1.54) is 4.90 Å². The highest BCUT2D eigenvalue weighted by Crippen LogP contribution is 2.41. The molecule has 0 saturated carbocycles. The van der Waals surface area contributed by atoms with Crippen molar-refractivity contribution in [1.29, 1.82) is 0 Å². The van der Waals surface area contributed by atoms with Gasteiger partial charge >= 0.3 is 0 Å². The monoisotopic (exact) mass is 509 g/mol. The summed E-state index contributed by atoms with van der Waals surface area (Å²) in [5.41, 5.74) is 1.18. The number of carbonyl (C=O) groups is 2. The molecule has 2 aliphatic rings. The predicted octanol–water partition coefficient (Wildman–Crippen LogP) is 3.89. The highest BCUT2D eigenvalue weighted by atomic mass is 79.9. The molecule has 1 N–H and O–H groups in total. The Morgan fingerprint density at radius 2 is 1.88 bits per heavy atom. The molecule has 2 aromatic carbocycles. The fourth-order valence-corrected chi connectivity index (χ4v) is 4.41. The van der Waals surface area contributed by atoms with Crippen LogP contribution >= 0.6 is 15.9 Å². The first kappa shape index (κ1) is 21.3. The third kappa shape index (κ3) is 4.00. The second-order valence-electron chi connectivity index (χ2n) is 7.77. The predicted molar refractivity (Wildman–Crippen MR) is 123 cm³/mol. The molecule has 3 heterocycles. The Morgan fingerprint density at radius 3 is 2.64 bits per heavy atom. The van der Waals surface area contributed by atoms with Crippen molar-refractivity contribution in [3.63, 3.8) is 0 Å². The van der Waals surface area contributed by atoms with Crippen molar-refractivity contribution in [3.05, 3.63) is 82.4 Å². The summed E-state index contributed by atoms with van der Waals surface area (Å²) in [4.78, 5) is 31.7. The van der Waals surface area contributed by atoms with Gasteiger partial charge in [0.15, 0.2) is 11.5 Å². The molecular weight excluding hydrogens is 490 g/mol. The zero-order chi connectivity index (χ0) is 22.9. The molecule has 2 aliphatic heterocycles. The summed E-state index contributed by atoms with van der Waals surface area (Å²) in [5, 5.41) is 11.2. The van der Waals surface area contributed by atoms with Crippen molar-refractivity contribution in [3.8, 4) is 11.5 Å². The van der Waals surface area contributed by atoms with E-state index >= 15 is 0 Å². The number of ether oxygens (including phenoxy) is 2. The Hall–Kier alpha value is -3.59. The van der Waals surface area contributed by atoms with E-state index in [1.807, 2.05) is 35.0 Å². The van der Waals surface area contributed by atoms with Gasteiger partial charge in [0, 0.05) is 35.5 Å². The second-order valence-corrected chi connectivity index (χ2v) is 8.68. The molecule has 8 nitrogen and oxygen atoms in total. The first-order chi connectivity index (χ1) is 16.0. The molecule has 0 aliphatic carbocycles. The number of aliphatic hydroxyl groups excluding tert-OH is 1. The molecule has 33 heavy (non-hydrogen) atoms. The Bertz CT molecular complexity index is 1240. The average Bonchev–Trinajstić information content (AvgIpc) is 3.56. The molecule has 3 aromatic rings. The Morgan fingerprint density at radius 1 is 1.09 bits per heavy atom. The van der Waals surface area contributed by atoms with E-state index in [9.17, 15) is 14.7 Å². The Labute approximate surface area is 198 Å². The highest BCUT2D eigenvalue weighted by molar-refractivity contribution is 9.10. The summed E-state index contributed by atoms with van der Waals surface area (Å²) in [6, 6.07) is 11.6. The molecule has 0 bridgehead atoms. The summed E-state index contributed by atoms with van der Waals surface area (Å²) < 4.78 is 13.5. The van der Waals surface area contributed by atoms with Crippen LogP contribution in [0, 0.1) is 0 Å². The lowest BCUT2D eigenvalue weighted by molar-refractivity contribution is -0.139. The molecule has 5 rings (SSSR count). The van der Waals surface area contributed by atoms with E-state index in [4.69, 9.17) is 9.47 Å². The molecule has 9 heteroatoms. The van der Waals surface area contributed by atoms with Crippen molar-refractivity contribution in [1.82, 2.24) is 14.5 Å². The van der Waals surface area contributed by atoms with Crippen LogP contribution in [-0.2, 0) is 16.1 Å². The van der Waals surface area contributed by atoms with Gasteiger partial charge in [-0.15, -0.1) is 0 Å². The summed E-state index contributed by atoms with van der Waals surface area (Å²) in [7, 11) is 0. The normalized spacial score (nSPS) is 18.8. The van der Waals surface area contributed by atoms with Gasteiger partial charge in [-0.25, -0.2) is 4.98 Å². The molecular formula is C24H20BrN3O5. The van der Waals surface area contributed by atoms with Gasteiger partial charge in [0.2, 0.25) is 6.79 Å². The summed E-state index contributed by atoms with van der Waals surface area (Å²) in [6.45, 7) is 1.10. The maximum atomic E-state index is 13.1. The average molecular weight is 510 g/mol. The smallest absolute Gasteiger partial charge is 0.295 e. The zero-order valence-corrected chi connectivity index (χ0v) is 19.1. The van der Waals surface area contributed by atoms with Crippen LogP contribution in [0.4, 0.5) is 0 Å². The number of hydrogen-bond donors (Lipinski definition) is 1. The second kappa shape index (κ2) is 8.74. The molecule has 168 valence electrons. The van der Waals surface area contributed by atoms with Gasteiger partial charge in [-0.3, -0.25) is 9.59 Å². The number of carbonyl (C=O) groups excluding carboxylic acids is 2. The van der Waals surface area contributed by atoms with Gasteiger partial charge in [-0.05, 0) is 42.3 Å². The first-order valence-corrected chi connectivity index (χ1v) is 11.2. The van der Waals surface area contributed by atoms with E-state index < -0.39 is 17.7 Å². The number of halogens is 1. The Balaban J connectivity index is 1.53. The Kier molecular flexibility index (Phi) is 5.63. The summed E-state index contributed by atoms with van der Waals surface area (Å²) in [5.74, 6) is -0.530. The molecule has 0 radical (unpaired) electrons. The minimum Gasteiger partial charge on any atom is -0.507 e. The minimum absolute atomic E-state index is 0.0591. The number of nitrogens with zero attached hydrogens (tertiary/aromatic N) is 3. The van der Waals surface area contributed by atoms with Gasteiger partial charge in [0.1, 0.15) is 5.76 Å². The zero-order valence-electron chi connectivity index (χ0n) is 17.5. The van der Waals surface area contributed by atoms with Crippen LogP contribution < -0.4 is 9.47 Å². The van der Waals surface area contributed by atoms with E-state index in [-0.39, 0.29) is 18.1 Å². The number of aryl methyl sites for hydroxylation is 1. The number of imidazole rings is 1. The SMILES string of the molecule is O=C1C(=O)N(CCCn2ccnc2)C(c2ccc(Br)cc2)C1=C(O)c1ccc2c(c1)OCO2. The van der Waals surface area contributed by atoms with E-state index in [0.717, 1.165) is 10.0 Å². The number of ketones is 1. The van der Waals surface area contributed by atoms with E-state index in [0.29, 0.717) is 36.6 Å². The number of aliphatic hydroxyl groups is 1. The lowest BCUT2D eigenvalue weighted by Gasteiger charge is -2.25. The fraction of sp³-hybridized carbons (Fsp3) is 0.208. The van der Waals surface area contributed by atoms with Crippen LogP contribution in [0.25, 0.3) is 5.76 Å². The molecule has 1 aromatic heterocycles. The highest BCUT2D eigenvalue weighted by Gasteiger charge is 2.45. The maximum Gasteiger partial charge on any atom is 0.295 e. The first-order valence-electron chi connectivity index (χ1n) is 10.4. The number of aromatic nitrogens is 2. The number of rotatable bonds is 6. The summed E-state index contributed by atoms with van der Waals surface area (Å²) >= 11 is 3.42. The van der Waals surface area contributed by atoms with Crippen molar-refractivity contribution < 1.29 is 24.2 Å². The number of fused-ring (bicyclic) bond motifs is 1. The fourth-order valence-electron chi connectivity index (χ4n) is 4.14. The number of Topliss-reactive ketones (excluding diaryl/α,β-unsaturated/α-hetero) is 1. The van der Waals surface area contributed by atoms with Gasteiger partial charge in [-0.1, -0.05) is 28.1 Å². The molecule has 1 atom stereocenters. The van der Waals surface area contributed by atoms with Gasteiger partial charge in [0.25, 0.3) is 11.7 Å². The number of benzene rings is 2. The van der Waals surface area contributed by atoms with Crippen LogP contribution in [0.15, 0.2) is 71.2 Å². The quantitative estimate of drug-likeness (QED) is 0.307. The van der Waals surface area contributed by atoms with Gasteiger partial charge in [0.05, 0.1) is 17.9 Å². The van der Waals surface area contributed by atoms with Crippen LogP contribution in [0.1, 0.15) is 23.6 Å². The molecule has 0 spiro atoms. The lowest BCUT2D eigenvalue weighted by atomic mass is 9.95. The number of amides is 1. The minimum atomic E-state index is -0.708. The number of likely N-dealkylation sites (tertiary alicyclic amines) is 1.